The summed E-state index contributed by atoms with van der Waals surface area (Å²) >= 11 is 6.09. The molecule has 2 aromatic heterocycles. The number of pyridine rings is 1. The van der Waals surface area contributed by atoms with Crippen molar-refractivity contribution in [1.82, 2.24) is 9.38 Å². The summed E-state index contributed by atoms with van der Waals surface area (Å²) in [4.78, 5) is 4.55. The molecule has 1 fully saturated rings. The lowest BCUT2D eigenvalue weighted by molar-refractivity contribution is 0.0126. The van der Waals surface area contributed by atoms with Crippen molar-refractivity contribution in [1.29, 1.82) is 0 Å². The number of aromatic nitrogens is 2. The number of hydrogen-bond donors (Lipinski definition) is 0. The Morgan fingerprint density at radius 2 is 2.31 bits per heavy atom. The first-order valence-electron chi connectivity index (χ1n) is 5.60. The summed E-state index contributed by atoms with van der Waals surface area (Å²) in [5.41, 5.74) is 1.88. The molecule has 3 rings (SSSR count). The van der Waals surface area contributed by atoms with E-state index in [1.165, 1.54) is 6.42 Å². The first-order chi connectivity index (χ1) is 7.84. The zero-order valence-corrected chi connectivity index (χ0v) is 9.65. The van der Waals surface area contributed by atoms with Gasteiger partial charge in [-0.2, -0.15) is 0 Å². The first kappa shape index (κ1) is 10.1. The molecule has 0 radical (unpaired) electrons. The van der Waals surface area contributed by atoms with Crippen LogP contribution < -0.4 is 0 Å². The summed E-state index contributed by atoms with van der Waals surface area (Å²) in [6.07, 6.45) is 5.55. The van der Waals surface area contributed by atoms with Crippen molar-refractivity contribution >= 4 is 17.2 Å². The Balaban J connectivity index is 2.01. The molecule has 1 atom stereocenters. The fraction of sp³-hybridized carbons (Fsp3) is 0.417. The van der Waals surface area contributed by atoms with E-state index >= 15 is 0 Å². The number of rotatable bonds is 1. The Bertz CT molecular complexity index is 503. The van der Waals surface area contributed by atoms with Crippen LogP contribution in [-0.2, 0) is 4.74 Å². The summed E-state index contributed by atoms with van der Waals surface area (Å²) in [6.45, 7) is 0.840. The highest BCUT2D eigenvalue weighted by Crippen LogP contribution is 2.28. The lowest BCUT2D eigenvalue weighted by atomic mass is 10.1. The SMILES string of the molecule is Clc1cccc2nc(C3CCCCO3)cn12. The molecule has 16 heavy (non-hydrogen) atoms. The molecular formula is C12H13ClN2O. The van der Waals surface area contributed by atoms with Crippen LogP contribution in [0, 0.1) is 0 Å². The minimum atomic E-state index is 0.143. The van der Waals surface area contributed by atoms with E-state index < -0.39 is 0 Å². The molecule has 1 aliphatic rings. The number of nitrogens with zero attached hydrogens (tertiary/aromatic N) is 2. The van der Waals surface area contributed by atoms with Gasteiger partial charge in [0, 0.05) is 12.8 Å². The van der Waals surface area contributed by atoms with Gasteiger partial charge >= 0.3 is 0 Å². The summed E-state index contributed by atoms with van der Waals surface area (Å²) in [7, 11) is 0. The number of halogens is 1. The molecule has 4 heteroatoms. The van der Waals surface area contributed by atoms with E-state index in [2.05, 4.69) is 4.98 Å². The third-order valence-corrected chi connectivity index (χ3v) is 3.28. The molecule has 2 aromatic rings. The maximum Gasteiger partial charge on any atom is 0.138 e. The zero-order valence-electron chi connectivity index (χ0n) is 8.90. The van der Waals surface area contributed by atoms with Gasteiger partial charge < -0.3 is 4.74 Å². The summed E-state index contributed by atoms with van der Waals surface area (Å²) in [5.74, 6) is 0. The molecule has 1 aliphatic heterocycles. The van der Waals surface area contributed by atoms with E-state index in [0.717, 1.165) is 30.8 Å². The van der Waals surface area contributed by atoms with Crippen LogP contribution in [0.2, 0.25) is 5.15 Å². The van der Waals surface area contributed by atoms with Crippen LogP contribution in [0.25, 0.3) is 5.65 Å². The molecule has 84 valence electrons. The molecule has 0 bridgehead atoms. The molecule has 0 aliphatic carbocycles. The fourth-order valence-corrected chi connectivity index (χ4v) is 2.33. The number of ether oxygens (including phenoxy) is 1. The van der Waals surface area contributed by atoms with Crippen molar-refractivity contribution in [3.05, 3.63) is 35.2 Å². The average Bonchev–Trinajstić information content (AvgIpc) is 2.76. The second-order valence-corrected chi connectivity index (χ2v) is 4.48. The smallest absolute Gasteiger partial charge is 0.138 e. The minimum absolute atomic E-state index is 0.143. The topological polar surface area (TPSA) is 26.5 Å². The van der Waals surface area contributed by atoms with Gasteiger partial charge in [0.05, 0.1) is 5.69 Å². The van der Waals surface area contributed by atoms with Crippen molar-refractivity contribution in [3.8, 4) is 0 Å². The van der Waals surface area contributed by atoms with E-state index in [4.69, 9.17) is 16.3 Å². The average molecular weight is 237 g/mol. The van der Waals surface area contributed by atoms with Crippen LogP contribution in [0.15, 0.2) is 24.4 Å². The first-order valence-corrected chi connectivity index (χ1v) is 5.97. The van der Waals surface area contributed by atoms with Gasteiger partial charge in [0.25, 0.3) is 0 Å². The van der Waals surface area contributed by atoms with Crippen LogP contribution in [0.4, 0.5) is 0 Å². The predicted octanol–water partition coefficient (Wildman–Crippen LogP) is 3.23. The predicted molar refractivity (Wildman–Crippen MR) is 62.7 cm³/mol. The molecular weight excluding hydrogens is 224 g/mol. The van der Waals surface area contributed by atoms with Crippen molar-refractivity contribution in [3.63, 3.8) is 0 Å². The van der Waals surface area contributed by atoms with Gasteiger partial charge in [-0.1, -0.05) is 17.7 Å². The Morgan fingerprint density at radius 3 is 3.06 bits per heavy atom. The Kier molecular flexibility index (Phi) is 2.58. The second kappa shape index (κ2) is 4.07. The fourth-order valence-electron chi connectivity index (χ4n) is 2.13. The van der Waals surface area contributed by atoms with Crippen molar-refractivity contribution in [2.45, 2.75) is 25.4 Å². The molecule has 0 saturated carbocycles. The van der Waals surface area contributed by atoms with Gasteiger partial charge in [-0.05, 0) is 31.4 Å². The molecule has 0 aromatic carbocycles. The van der Waals surface area contributed by atoms with Gasteiger partial charge in [-0.25, -0.2) is 4.98 Å². The molecule has 3 heterocycles. The largest absolute Gasteiger partial charge is 0.372 e. The van der Waals surface area contributed by atoms with Crippen molar-refractivity contribution < 1.29 is 4.74 Å². The van der Waals surface area contributed by atoms with Gasteiger partial charge in [0.15, 0.2) is 0 Å². The Labute approximate surface area is 99.0 Å². The highest BCUT2D eigenvalue weighted by atomic mass is 35.5. The summed E-state index contributed by atoms with van der Waals surface area (Å²) < 4.78 is 7.61. The molecule has 0 amide bonds. The lowest BCUT2D eigenvalue weighted by Gasteiger charge is -2.20. The molecule has 0 spiro atoms. The van der Waals surface area contributed by atoms with Crippen LogP contribution in [0.1, 0.15) is 31.1 Å². The highest BCUT2D eigenvalue weighted by Gasteiger charge is 2.19. The maximum atomic E-state index is 6.09. The molecule has 3 nitrogen and oxygen atoms in total. The monoisotopic (exact) mass is 236 g/mol. The number of hydrogen-bond acceptors (Lipinski definition) is 2. The van der Waals surface area contributed by atoms with Crippen LogP contribution >= 0.6 is 11.6 Å². The van der Waals surface area contributed by atoms with E-state index in [1.54, 1.807) is 0 Å². The van der Waals surface area contributed by atoms with Crippen molar-refractivity contribution in [2.24, 2.45) is 0 Å². The minimum Gasteiger partial charge on any atom is -0.372 e. The van der Waals surface area contributed by atoms with E-state index in [-0.39, 0.29) is 6.10 Å². The molecule has 0 N–H and O–H groups in total. The van der Waals surface area contributed by atoms with E-state index in [0.29, 0.717) is 5.15 Å². The third-order valence-electron chi connectivity index (χ3n) is 2.97. The van der Waals surface area contributed by atoms with E-state index in [1.807, 2.05) is 28.8 Å². The number of imidazole rings is 1. The Morgan fingerprint density at radius 1 is 1.38 bits per heavy atom. The van der Waals surface area contributed by atoms with Crippen LogP contribution in [0.5, 0.6) is 0 Å². The molecule has 1 saturated heterocycles. The Hall–Kier alpha value is -1.06. The molecule has 1 unspecified atom stereocenters. The normalized spacial score (nSPS) is 21.4. The standard InChI is InChI=1S/C12H13ClN2O/c13-11-5-3-6-12-14-9(8-15(11)12)10-4-1-2-7-16-10/h3,5-6,8,10H,1-2,4,7H2. The van der Waals surface area contributed by atoms with Gasteiger partial charge in [-0.3, -0.25) is 4.40 Å². The van der Waals surface area contributed by atoms with E-state index in [9.17, 15) is 0 Å². The third kappa shape index (κ3) is 1.70. The summed E-state index contributed by atoms with van der Waals surface area (Å²) in [5, 5.41) is 0.687. The van der Waals surface area contributed by atoms with Gasteiger partial charge in [-0.15, -0.1) is 0 Å². The van der Waals surface area contributed by atoms with Crippen LogP contribution in [0.3, 0.4) is 0 Å². The zero-order chi connectivity index (χ0) is 11.0. The lowest BCUT2D eigenvalue weighted by Crippen LogP contribution is -2.11. The quantitative estimate of drug-likeness (QED) is 0.711. The van der Waals surface area contributed by atoms with Gasteiger partial charge in [0.1, 0.15) is 16.9 Å². The van der Waals surface area contributed by atoms with Crippen LogP contribution in [-0.4, -0.2) is 16.0 Å². The second-order valence-electron chi connectivity index (χ2n) is 4.10. The highest BCUT2D eigenvalue weighted by molar-refractivity contribution is 6.29. The number of fused-ring (bicyclic) bond motifs is 1. The van der Waals surface area contributed by atoms with Crippen molar-refractivity contribution in [2.75, 3.05) is 6.61 Å². The maximum absolute atomic E-state index is 6.09. The summed E-state index contributed by atoms with van der Waals surface area (Å²) in [6, 6.07) is 5.73. The van der Waals surface area contributed by atoms with Gasteiger partial charge in [0.2, 0.25) is 0 Å².